The van der Waals surface area contributed by atoms with Crippen molar-refractivity contribution in [3.63, 3.8) is 0 Å². The van der Waals surface area contributed by atoms with E-state index in [-0.39, 0.29) is 10.8 Å². The summed E-state index contributed by atoms with van der Waals surface area (Å²) in [6.07, 6.45) is 0.192. The number of carbonyl (C=O) groups excluding carboxylic acids is 3. The summed E-state index contributed by atoms with van der Waals surface area (Å²) in [7, 11) is 0. The Balaban J connectivity index is 1.63. The van der Waals surface area contributed by atoms with Crippen molar-refractivity contribution in [1.82, 2.24) is 4.90 Å². The van der Waals surface area contributed by atoms with Crippen LogP contribution in [0.3, 0.4) is 0 Å². The molecule has 6 nitrogen and oxygen atoms in total. The first kappa shape index (κ1) is 19.0. The van der Waals surface area contributed by atoms with E-state index in [0.29, 0.717) is 22.9 Å². The summed E-state index contributed by atoms with van der Waals surface area (Å²) < 4.78 is 5.35. The first-order valence-electron chi connectivity index (χ1n) is 8.45. The fraction of sp³-hybridized carbons (Fsp3) is 0.500. The number of hydrogen-bond acceptors (Lipinski definition) is 5. The fourth-order valence-electron chi connectivity index (χ4n) is 3.26. The number of halogens is 1. The summed E-state index contributed by atoms with van der Waals surface area (Å²) in [4.78, 5) is 38.3. The van der Waals surface area contributed by atoms with Crippen LogP contribution in [0.4, 0.5) is 5.69 Å². The number of aryl methyl sites for hydroxylation is 1. The predicted octanol–water partition coefficient (Wildman–Crippen LogP) is 2.97. The summed E-state index contributed by atoms with van der Waals surface area (Å²) in [5.74, 6) is -0.527. The molecule has 0 bridgehead atoms. The van der Waals surface area contributed by atoms with Crippen LogP contribution in [0.15, 0.2) is 18.2 Å². The SMILES string of the molecule is Cc1ccc(Cl)cc1NC(=O)[C@@H](C)OC(=O)[C@H]1CS[C@@]2(C)CCC(=O)N12. The lowest BCUT2D eigenvalue weighted by Crippen LogP contribution is -2.48. The number of hydrogen-bond donors (Lipinski definition) is 1. The topological polar surface area (TPSA) is 75.7 Å². The van der Waals surface area contributed by atoms with E-state index in [1.54, 1.807) is 34.9 Å². The van der Waals surface area contributed by atoms with Crippen LogP contribution in [0, 0.1) is 6.92 Å². The molecular weight excluding hydrogens is 376 g/mol. The predicted molar refractivity (Wildman–Crippen MR) is 101 cm³/mol. The molecule has 26 heavy (non-hydrogen) atoms. The van der Waals surface area contributed by atoms with Gasteiger partial charge in [0, 0.05) is 22.9 Å². The van der Waals surface area contributed by atoms with Crippen LogP contribution in [-0.4, -0.2) is 45.5 Å². The minimum absolute atomic E-state index is 0.0360. The van der Waals surface area contributed by atoms with Crippen molar-refractivity contribution < 1.29 is 19.1 Å². The van der Waals surface area contributed by atoms with Crippen molar-refractivity contribution in [1.29, 1.82) is 0 Å². The Hall–Kier alpha value is -1.73. The van der Waals surface area contributed by atoms with E-state index in [9.17, 15) is 14.4 Å². The lowest BCUT2D eigenvalue weighted by Gasteiger charge is -2.29. The Morgan fingerprint density at radius 2 is 2.19 bits per heavy atom. The number of amides is 2. The second-order valence-electron chi connectivity index (χ2n) is 6.79. The van der Waals surface area contributed by atoms with Gasteiger partial charge in [0.2, 0.25) is 5.91 Å². The number of nitrogens with one attached hydrogen (secondary N) is 1. The van der Waals surface area contributed by atoms with Gasteiger partial charge in [-0.05, 0) is 44.9 Å². The summed E-state index contributed by atoms with van der Waals surface area (Å²) in [6.45, 7) is 5.33. The fourth-order valence-corrected chi connectivity index (χ4v) is 4.85. The second-order valence-corrected chi connectivity index (χ2v) is 8.73. The molecule has 2 fully saturated rings. The zero-order valence-electron chi connectivity index (χ0n) is 14.9. The number of carbonyl (C=O) groups is 3. The van der Waals surface area contributed by atoms with Gasteiger partial charge in [0.1, 0.15) is 6.04 Å². The maximum Gasteiger partial charge on any atom is 0.330 e. The number of thioether (sulfide) groups is 1. The van der Waals surface area contributed by atoms with Crippen LogP contribution < -0.4 is 5.32 Å². The molecule has 8 heteroatoms. The normalized spacial score (nSPS) is 25.8. The molecule has 2 aliphatic rings. The third-order valence-corrected chi connectivity index (χ3v) is 6.58. The van der Waals surface area contributed by atoms with E-state index in [0.717, 1.165) is 12.0 Å². The third-order valence-electron chi connectivity index (χ3n) is 4.84. The van der Waals surface area contributed by atoms with Crippen LogP contribution in [0.25, 0.3) is 0 Å². The number of fused-ring (bicyclic) bond motifs is 1. The molecule has 2 heterocycles. The van der Waals surface area contributed by atoms with Gasteiger partial charge in [0.25, 0.3) is 5.91 Å². The largest absolute Gasteiger partial charge is 0.451 e. The maximum atomic E-state index is 12.5. The Morgan fingerprint density at radius 3 is 2.92 bits per heavy atom. The van der Waals surface area contributed by atoms with Gasteiger partial charge in [-0.1, -0.05) is 17.7 Å². The molecule has 0 saturated carbocycles. The van der Waals surface area contributed by atoms with Crippen molar-refractivity contribution in [3.05, 3.63) is 28.8 Å². The molecule has 0 radical (unpaired) electrons. The van der Waals surface area contributed by atoms with Gasteiger partial charge in [-0.25, -0.2) is 4.79 Å². The van der Waals surface area contributed by atoms with E-state index < -0.39 is 24.0 Å². The molecule has 2 amide bonds. The van der Waals surface area contributed by atoms with Crippen molar-refractivity contribution in [2.24, 2.45) is 0 Å². The van der Waals surface area contributed by atoms with Gasteiger partial charge < -0.3 is 15.0 Å². The highest BCUT2D eigenvalue weighted by molar-refractivity contribution is 8.01. The summed E-state index contributed by atoms with van der Waals surface area (Å²) in [5.41, 5.74) is 1.43. The minimum Gasteiger partial charge on any atom is -0.451 e. The van der Waals surface area contributed by atoms with Gasteiger partial charge in [-0.15, -0.1) is 11.8 Å². The zero-order valence-corrected chi connectivity index (χ0v) is 16.4. The first-order chi connectivity index (χ1) is 12.2. The lowest BCUT2D eigenvalue weighted by molar-refractivity contribution is -0.160. The van der Waals surface area contributed by atoms with Crippen LogP contribution in [0.5, 0.6) is 0 Å². The van der Waals surface area contributed by atoms with Crippen molar-refractivity contribution in [3.8, 4) is 0 Å². The van der Waals surface area contributed by atoms with E-state index in [4.69, 9.17) is 16.3 Å². The van der Waals surface area contributed by atoms with E-state index in [1.165, 1.54) is 6.92 Å². The number of rotatable bonds is 4. The molecule has 0 aromatic heterocycles. The number of nitrogens with zero attached hydrogens (tertiary/aromatic N) is 1. The van der Waals surface area contributed by atoms with Gasteiger partial charge in [-0.3, -0.25) is 9.59 Å². The maximum absolute atomic E-state index is 12.5. The Bertz CT molecular complexity index is 772. The molecule has 0 unspecified atom stereocenters. The number of ether oxygens (including phenoxy) is 1. The lowest BCUT2D eigenvalue weighted by atomic mass is 10.2. The summed E-state index contributed by atoms with van der Waals surface area (Å²) in [6, 6.07) is 4.54. The quantitative estimate of drug-likeness (QED) is 0.792. The minimum atomic E-state index is -0.976. The Morgan fingerprint density at radius 1 is 1.46 bits per heavy atom. The summed E-state index contributed by atoms with van der Waals surface area (Å²) >= 11 is 7.54. The van der Waals surface area contributed by atoms with Gasteiger partial charge >= 0.3 is 5.97 Å². The average Bonchev–Trinajstić information content (AvgIpc) is 3.07. The molecule has 1 aromatic rings. The van der Waals surface area contributed by atoms with Crippen LogP contribution in [-0.2, 0) is 19.1 Å². The highest BCUT2D eigenvalue weighted by Crippen LogP contribution is 2.47. The zero-order chi connectivity index (χ0) is 19.1. The highest BCUT2D eigenvalue weighted by Gasteiger charge is 2.53. The van der Waals surface area contributed by atoms with E-state index in [2.05, 4.69) is 5.32 Å². The number of benzene rings is 1. The van der Waals surface area contributed by atoms with Crippen molar-refractivity contribution in [2.75, 3.05) is 11.1 Å². The van der Waals surface area contributed by atoms with Crippen molar-refractivity contribution >= 4 is 46.8 Å². The molecule has 3 rings (SSSR count). The molecule has 2 saturated heterocycles. The monoisotopic (exact) mass is 396 g/mol. The van der Waals surface area contributed by atoms with Crippen LogP contribution >= 0.6 is 23.4 Å². The number of anilines is 1. The first-order valence-corrected chi connectivity index (χ1v) is 9.81. The third kappa shape index (κ3) is 3.55. The molecular formula is C18H21ClN2O4S. The van der Waals surface area contributed by atoms with E-state index in [1.807, 2.05) is 13.8 Å². The average molecular weight is 397 g/mol. The molecule has 0 spiro atoms. The second kappa shape index (κ2) is 7.12. The highest BCUT2D eigenvalue weighted by atomic mass is 35.5. The standard InChI is InChI=1S/C18H21ClN2O4S/c1-10-4-5-12(19)8-13(10)20-16(23)11(2)25-17(24)14-9-26-18(3)7-6-15(22)21(14)18/h4-5,8,11,14H,6-7,9H2,1-3H3,(H,20,23)/t11-,14-,18+/m1/s1. The van der Waals surface area contributed by atoms with Gasteiger partial charge in [-0.2, -0.15) is 0 Å². The van der Waals surface area contributed by atoms with Gasteiger partial charge in [0.05, 0.1) is 4.87 Å². The summed E-state index contributed by atoms with van der Waals surface area (Å²) in [5, 5.41) is 3.23. The molecule has 0 aliphatic carbocycles. The molecule has 2 aliphatic heterocycles. The molecule has 1 N–H and O–H groups in total. The smallest absolute Gasteiger partial charge is 0.330 e. The molecule has 140 valence electrons. The molecule has 3 atom stereocenters. The van der Waals surface area contributed by atoms with Crippen molar-refractivity contribution in [2.45, 2.75) is 50.6 Å². The van der Waals surface area contributed by atoms with Crippen LogP contribution in [0.2, 0.25) is 5.02 Å². The van der Waals surface area contributed by atoms with Crippen LogP contribution in [0.1, 0.15) is 32.3 Å². The van der Waals surface area contributed by atoms with E-state index >= 15 is 0 Å². The van der Waals surface area contributed by atoms with Gasteiger partial charge in [0.15, 0.2) is 6.10 Å². The Kier molecular flexibility index (Phi) is 5.21. The molecule has 1 aromatic carbocycles. The number of esters is 1. The Labute approximate surface area is 161 Å².